The van der Waals surface area contributed by atoms with Gasteiger partial charge in [-0.25, -0.2) is 4.39 Å². The molecule has 1 heterocycles. The molecule has 17 heavy (non-hydrogen) atoms. The lowest BCUT2D eigenvalue weighted by Gasteiger charge is -2.09. The van der Waals surface area contributed by atoms with E-state index >= 15 is 0 Å². The predicted molar refractivity (Wildman–Crippen MR) is 72.2 cm³/mol. The Balaban J connectivity index is 2.36. The standard InChI is InChI=1S/C12H9BrClFOS/c1-6-4-10(17-12(6)14)11(16)7-2-3-8(13)9(15)5-7/h2-5,11,16H,1H3. The van der Waals surface area contributed by atoms with Crippen molar-refractivity contribution >= 4 is 38.9 Å². The molecule has 1 unspecified atom stereocenters. The quantitative estimate of drug-likeness (QED) is 0.844. The van der Waals surface area contributed by atoms with Crippen LogP contribution in [0.15, 0.2) is 28.7 Å². The van der Waals surface area contributed by atoms with Gasteiger partial charge in [0.25, 0.3) is 0 Å². The minimum atomic E-state index is -0.839. The highest BCUT2D eigenvalue weighted by molar-refractivity contribution is 9.10. The zero-order valence-electron chi connectivity index (χ0n) is 8.88. The van der Waals surface area contributed by atoms with Gasteiger partial charge in [-0.2, -0.15) is 0 Å². The third kappa shape index (κ3) is 2.71. The molecule has 0 aliphatic rings. The summed E-state index contributed by atoms with van der Waals surface area (Å²) in [6.07, 6.45) is -0.839. The monoisotopic (exact) mass is 334 g/mol. The Morgan fingerprint density at radius 1 is 1.41 bits per heavy atom. The van der Waals surface area contributed by atoms with Crippen molar-refractivity contribution in [3.05, 3.63) is 54.9 Å². The molecule has 2 rings (SSSR count). The van der Waals surface area contributed by atoms with Gasteiger partial charge in [0.15, 0.2) is 0 Å². The van der Waals surface area contributed by atoms with Gasteiger partial charge in [0.1, 0.15) is 11.9 Å². The minimum Gasteiger partial charge on any atom is -0.383 e. The lowest BCUT2D eigenvalue weighted by Crippen LogP contribution is -1.97. The first-order chi connectivity index (χ1) is 7.99. The number of hydrogen-bond acceptors (Lipinski definition) is 2. The maximum atomic E-state index is 13.4. The van der Waals surface area contributed by atoms with Crippen LogP contribution >= 0.6 is 38.9 Å². The Morgan fingerprint density at radius 3 is 2.65 bits per heavy atom. The molecule has 90 valence electrons. The molecule has 0 saturated carbocycles. The molecular formula is C12H9BrClFOS. The average molecular weight is 336 g/mol. The Hall–Kier alpha value is -0.420. The van der Waals surface area contributed by atoms with Crippen molar-refractivity contribution in [3.8, 4) is 0 Å². The van der Waals surface area contributed by atoms with E-state index in [9.17, 15) is 9.50 Å². The van der Waals surface area contributed by atoms with Crippen LogP contribution in [0.3, 0.4) is 0 Å². The van der Waals surface area contributed by atoms with Crippen molar-refractivity contribution in [2.75, 3.05) is 0 Å². The highest BCUT2D eigenvalue weighted by Crippen LogP contribution is 2.34. The summed E-state index contributed by atoms with van der Waals surface area (Å²) < 4.78 is 14.4. The fourth-order valence-electron chi connectivity index (χ4n) is 1.47. The van der Waals surface area contributed by atoms with Gasteiger partial charge < -0.3 is 5.11 Å². The second kappa shape index (κ2) is 5.06. The summed E-state index contributed by atoms with van der Waals surface area (Å²) in [5.41, 5.74) is 1.44. The van der Waals surface area contributed by atoms with Crippen molar-refractivity contribution in [1.29, 1.82) is 0 Å². The number of aliphatic hydroxyl groups is 1. The van der Waals surface area contributed by atoms with E-state index < -0.39 is 6.10 Å². The summed E-state index contributed by atoms with van der Waals surface area (Å²) in [4.78, 5) is 0.717. The zero-order valence-corrected chi connectivity index (χ0v) is 12.0. The van der Waals surface area contributed by atoms with Crippen LogP contribution in [0.2, 0.25) is 4.34 Å². The summed E-state index contributed by atoms with van der Waals surface area (Å²) in [5, 5.41) is 10.1. The van der Waals surface area contributed by atoms with E-state index in [4.69, 9.17) is 11.6 Å². The molecule has 1 atom stereocenters. The van der Waals surface area contributed by atoms with Crippen molar-refractivity contribution in [1.82, 2.24) is 0 Å². The summed E-state index contributed by atoms with van der Waals surface area (Å²) in [5.74, 6) is -0.388. The third-order valence-electron chi connectivity index (χ3n) is 2.41. The van der Waals surface area contributed by atoms with E-state index in [0.717, 1.165) is 5.56 Å². The predicted octanol–water partition coefficient (Wildman–Crippen LogP) is 4.69. The molecule has 0 amide bonds. The molecule has 0 spiro atoms. The molecule has 0 fully saturated rings. The van der Waals surface area contributed by atoms with Crippen LogP contribution in [-0.2, 0) is 0 Å². The summed E-state index contributed by atoms with van der Waals surface area (Å²) in [7, 11) is 0. The van der Waals surface area contributed by atoms with Crippen LogP contribution in [0, 0.1) is 12.7 Å². The van der Waals surface area contributed by atoms with Crippen LogP contribution in [0.4, 0.5) is 4.39 Å². The van der Waals surface area contributed by atoms with Crippen molar-refractivity contribution in [2.24, 2.45) is 0 Å². The highest BCUT2D eigenvalue weighted by atomic mass is 79.9. The van der Waals surface area contributed by atoms with Gasteiger partial charge >= 0.3 is 0 Å². The first-order valence-corrected chi connectivity index (χ1v) is 6.86. The molecule has 1 nitrogen and oxygen atoms in total. The lowest BCUT2D eigenvalue weighted by atomic mass is 10.1. The largest absolute Gasteiger partial charge is 0.383 e. The van der Waals surface area contributed by atoms with Crippen LogP contribution in [0.1, 0.15) is 22.1 Å². The molecule has 1 aromatic carbocycles. The van der Waals surface area contributed by atoms with Gasteiger partial charge in [-0.15, -0.1) is 11.3 Å². The summed E-state index contributed by atoms with van der Waals surface area (Å²) >= 11 is 10.3. The van der Waals surface area contributed by atoms with Crippen LogP contribution in [0.5, 0.6) is 0 Å². The Bertz CT molecular complexity index is 536. The molecule has 0 aliphatic heterocycles. The second-order valence-corrected chi connectivity index (χ2v) is 6.22. The Kier molecular flexibility index (Phi) is 3.88. The maximum absolute atomic E-state index is 13.4. The first kappa shape index (κ1) is 13.0. The van der Waals surface area contributed by atoms with E-state index in [-0.39, 0.29) is 5.82 Å². The van der Waals surface area contributed by atoms with Gasteiger partial charge in [-0.1, -0.05) is 17.7 Å². The number of halogens is 3. The molecule has 5 heteroatoms. The second-order valence-electron chi connectivity index (χ2n) is 3.68. The minimum absolute atomic E-state index is 0.383. The van der Waals surface area contributed by atoms with Gasteiger partial charge in [0.2, 0.25) is 0 Å². The van der Waals surface area contributed by atoms with E-state index in [2.05, 4.69) is 15.9 Å². The third-order valence-corrected chi connectivity index (χ3v) is 4.66. The van der Waals surface area contributed by atoms with Crippen LogP contribution in [-0.4, -0.2) is 5.11 Å². The molecule has 1 aromatic heterocycles. The fraction of sp³-hybridized carbons (Fsp3) is 0.167. The number of rotatable bonds is 2. The number of aliphatic hydroxyl groups excluding tert-OH is 1. The topological polar surface area (TPSA) is 20.2 Å². The fourth-order valence-corrected chi connectivity index (χ4v) is 2.94. The number of thiophene rings is 1. The van der Waals surface area contributed by atoms with E-state index in [1.165, 1.54) is 17.4 Å². The van der Waals surface area contributed by atoms with Crippen LogP contribution < -0.4 is 0 Å². The smallest absolute Gasteiger partial charge is 0.137 e. The zero-order chi connectivity index (χ0) is 12.6. The van der Waals surface area contributed by atoms with Crippen LogP contribution in [0.25, 0.3) is 0 Å². The number of aryl methyl sites for hydroxylation is 1. The highest BCUT2D eigenvalue weighted by Gasteiger charge is 2.15. The van der Waals surface area contributed by atoms with Gasteiger partial charge in [-0.05, 0) is 52.2 Å². The van der Waals surface area contributed by atoms with Gasteiger partial charge in [0.05, 0.1) is 8.81 Å². The molecule has 2 aromatic rings. The SMILES string of the molecule is Cc1cc(C(O)c2ccc(Br)c(F)c2)sc1Cl. The molecule has 0 bridgehead atoms. The molecular weight excluding hydrogens is 327 g/mol. The van der Waals surface area contributed by atoms with Crippen molar-refractivity contribution in [3.63, 3.8) is 0 Å². The average Bonchev–Trinajstić information content (AvgIpc) is 2.62. The Morgan fingerprint density at radius 2 is 2.12 bits per heavy atom. The number of benzene rings is 1. The normalized spacial score (nSPS) is 12.8. The number of hydrogen-bond donors (Lipinski definition) is 1. The van der Waals surface area contributed by atoms with Gasteiger partial charge in [0, 0.05) is 4.88 Å². The first-order valence-electron chi connectivity index (χ1n) is 4.88. The summed E-state index contributed by atoms with van der Waals surface area (Å²) in [6.45, 7) is 1.87. The van der Waals surface area contributed by atoms with Gasteiger partial charge in [-0.3, -0.25) is 0 Å². The Labute approximate surface area is 116 Å². The molecule has 0 aliphatic carbocycles. The summed E-state index contributed by atoms with van der Waals surface area (Å²) in [6, 6.07) is 6.39. The molecule has 1 N–H and O–H groups in total. The van der Waals surface area contributed by atoms with Crippen molar-refractivity contribution in [2.45, 2.75) is 13.0 Å². The van der Waals surface area contributed by atoms with E-state index in [0.29, 0.717) is 19.2 Å². The molecule has 0 saturated heterocycles. The van der Waals surface area contributed by atoms with E-state index in [1.807, 2.05) is 13.0 Å². The lowest BCUT2D eigenvalue weighted by molar-refractivity contribution is 0.223. The van der Waals surface area contributed by atoms with Crippen molar-refractivity contribution < 1.29 is 9.50 Å². The van der Waals surface area contributed by atoms with E-state index in [1.54, 1.807) is 12.1 Å². The maximum Gasteiger partial charge on any atom is 0.137 e. The molecule has 0 radical (unpaired) electrons.